The van der Waals surface area contributed by atoms with E-state index in [0.29, 0.717) is 29.1 Å². The summed E-state index contributed by atoms with van der Waals surface area (Å²) in [5, 5.41) is 2.86. The van der Waals surface area contributed by atoms with Crippen molar-refractivity contribution in [1.82, 2.24) is 15.0 Å². The monoisotopic (exact) mass is 310 g/mol. The zero-order valence-electron chi connectivity index (χ0n) is 13.3. The van der Waals surface area contributed by atoms with Gasteiger partial charge in [0.25, 0.3) is 5.91 Å². The van der Waals surface area contributed by atoms with Gasteiger partial charge < -0.3 is 9.73 Å². The average molecular weight is 310 g/mol. The van der Waals surface area contributed by atoms with Crippen molar-refractivity contribution in [1.29, 1.82) is 0 Å². The van der Waals surface area contributed by atoms with Crippen LogP contribution in [0.25, 0.3) is 11.1 Å². The molecule has 3 aromatic rings. The van der Waals surface area contributed by atoms with Crippen LogP contribution in [0.5, 0.6) is 0 Å². The Morgan fingerprint density at radius 3 is 2.91 bits per heavy atom. The van der Waals surface area contributed by atoms with Crippen LogP contribution >= 0.6 is 0 Å². The Labute approximate surface area is 134 Å². The highest BCUT2D eigenvalue weighted by atomic mass is 16.3. The lowest BCUT2D eigenvalue weighted by Crippen LogP contribution is -2.15. The molecule has 23 heavy (non-hydrogen) atoms. The summed E-state index contributed by atoms with van der Waals surface area (Å²) in [7, 11) is 0. The summed E-state index contributed by atoms with van der Waals surface area (Å²) < 4.78 is 5.67. The molecule has 0 spiro atoms. The Morgan fingerprint density at radius 1 is 1.35 bits per heavy atom. The lowest BCUT2D eigenvalue weighted by molar-refractivity contribution is 0.102. The molecule has 1 aromatic carbocycles. The van der Waals surface area contributed by atoms with E-state index in [1.165, 1.54) is 12.5 Å². The first-order valence-electron chi connectivity index (χ1n) is 7.59. The predicted molar refractivity (Wildman–Crippen MR) is 87.5 cm³/mol. The van der Waals surface area contributed by atoms with Crippen LogP contribution in [0.3, 0.4) is 0 Å². The predicted octanol–water partition coefficient (Wildman–Crippen LogP) is 3.56. The van der Waals surface area contributed by atoms with E-state index in [9.17, 15) is 4.79 Å². The third-order valence-corrected chi connectivity index (χ3v) is 3.53. The number of hydrogen-bond donors (Lipinski definition) is 1. The molecule has 118 valence electrons. The maximum absolute atomic E-state index is 12.4. The number of nitrogens with zero attached hydrogens (tertiary/aromatic N) is 3. The van der Waals surface area contributed by atoms with Gasteiger partial charge in [-0.3, -0.25) is 4.79 Å². The summed E-state index contributed by atoms with van der Waals surface area (Å²) in [6.45, 7) is 6.00. The molecule has 0 unspecified atom stereocenters. The van der Waals surface area contributed by atoms with Crippen LogP contribution < -0.4 is 5.32 Å². The van der Waals surface area contributed by atoms with Gasteiger partial charge >= 0.3 is 0 Å². The molecule has 2 aromatic heterocycles. The number of aryl methyl sites for hydroxylation is 1. The number of amides is 1. The van der Waals surface area contributed by atoms with Crippen molar-refractivity contribution in [2.24, 2.45) is 0 Å². The second kappa shape index (κ2) is 6.16. The third kappa shape index (κ3) is 3.06. The highest BCUT2D eigenvalue weighted by Crippen LogP contribution is 2.24. The molecule has 0 bridgehead atoms. The molecular formula is C17H18N4O2. The topological polar surface area (TPSA) is 80.9 Å². The molecule has 1 amide bonds. The minimum Gasteiger partial charge on any atom is -0.440 e. The molecule has 0 saturated heterocycles. The van der Waals surface area contributed by atoms with E-state index in [1.807, 2.05) is 26.8 Å². The van der Waals surface area contributed by atoms with Crippen LogP contribution in [0, 0.1) is 0 Å². The van der Waals surface area contributed by atoms with Gasteiger partial charge in [0.05, 0.1) is 11.3 Å². The first-order valence-corrected chi connectivity index (χ1v) is 7.59. The minimum atomic E-state index is -0.227. The molecule has 0 aliphatic heterocycles. The maximum atomic E-state index is 12.4. The smallest absolute Gasteiger partial charge is 0.259 e. The Hall–Kier alpha value is -2.76. The number of hydrogen-bond acceptors (Lipinski definition) is 5. The Kier molecular flexibility index (Phi) is 4.06. The summed E-state index contributed by atoms with van der Waals surface area (Å²) in [5.74, 6) is 0.677. The average Bonchev–Trinajstić information content (AvgIpc) is 2.98. The fourth-order valence-electron chi connectivity index (χ4n) is 2.29. The van der Waals surface area contributed by atoms with E-state index in [-0.39, 0.29) is 11.8 Å². The molecule has 6 nitrogen and oxygen atoms in total. The summed E-state index contributed by atoms with van der Waals surface area (Å²) in [6.07, 6.45) is 3.66. The Bertz CT molecular complexity index is 855. The summed E-state index contributed by atoms with van der Waals surface area (Å²) in [5.41, 5.74) is 3.31. The van der Waals surface area contributed by atoms with Crippen LogP contribution in [-0.4, -0.2) is 20.9 Å². The molecule has 3 rings (SSSR count). The number of oxazole rings is 1. The van der Waals surface area contributed by atoms with Gasteiger partial charge in [0.1, 0.15) is 11.8 Å². The SMILES string of the molecule is CCc1ncncc1C(=O)Nc1ccc2oc(C(C)C)nc2c1. The molecule has 0 aliphatic carbocycles. The van der Waals surface area contributed by atoms with Gasteiger partial charge in [-0.15, -0.1) is 0 Å². The maximum Gasteiger partial charge on any atom is 0.259 e. The summed E-state index contributed by atoms with van der Waals surface area (Å²) >= 11 is 0. The number of rotatable bonds is 4. The van der Waals surface area contributed by atoms with E-state index in [1.54, 1.807) is 12.1 Å². The van der Waals surface area contributed by atoms with E-state index < -0.39 is 0 Å². The quantitative estimate of drug-likeness (QED) is 0.797. The zero-order chi connectivity index (χ0) is 16.4. The zero-order valence-corrected chi connectivity index (χ0v) is 13.3. The second-order valence-electron chi connectivity index (χ2n) is 5.58. The van der Waals surface area contributed by atoms with E-state index in [2.05, 4.69) is 20.3 Å². The Morgan fingerprint density at radius 2 is 2.17 bits per heavy atom. The minimum absolute atomic E-state index is 0.217. The summed E-state index contributed by atoms with van der Waals surface area (Å²) in [4.78, 5) is 24.9. The molecule has 0 radical (unpaired) electrons. The van der Waals surface area contributed by atoms with Crippen molar-refractivity contribution < 1.29 is 9.21 Å². The molecule has 6 heteroatoms. The molecular weight excluding hydrogens is 292 g/mol. The van der Waals surface area contributed by atoms with Crippen LogP contribution in [0.4, 0.5) is 5.69 Å². The van der Waals surface area contributed by atoms with Crippen LogP contribution in [0.15, 0.2) is 35.1 Å². The first-order chi connectivity index (χ1) is 11.1. The van der Waals surface area contributed by atoms with Crippen molar-refractivity contribution in [2.45, 2.75) is 33.1 Å². The van der Waals surface area contributed by atoms with Crippen LogP contribution in [0.1, 0.15) is 48.6 Å². The van der Waals surface area contributed by atoms with Crippen molar-refractivity contribution in [3.63, 3.8) is 0 Å². The van der Waals surface area contributed by atoms with E-state index in [0.717, 1.165) is 11.2 Å². The van der Waals surface area contributed by atoms with Gasteiger partial charge in [0.2, 0.25) is 0 Å². The van der Waals surface area contributed by atoms with Crippen LogP contribution in [0.2, 0.25) is 0 Å². The van der Waals surface area contributed by atoms with Crippen LogP contribution in [-0.2, 0) is 6.42 Å². The lowest BCUT2D eigenvalue weighted by atomic mass is 10.1. The molecule has 0 fully saturated rings. The van der Waals surface area contributed by atoms with Crippen molar-refractivity contribution >= 4 is 22.7 Å². The molecule has 1 N–H and O–H groups in total. The number of benzene rings is 1. The van der Waals surface area contributed by atoms with E-state index >= 15 is 0 Å². The molecule has 0 aliphatic rings. The van der Waals surface area contributed by atoms with Gasteiger partial charge in [-0.2, -0.15) is 0 Å². The number of carbonyl (C=O) groups excluding carboxylic acids is 1. The number of aromatic nitrogens is 3. The second-order valence-corrected chi connectivity index (χ2v) is 5.58. The molecule has 0 atom stereocenters. The van der Waals surface area contributed by atoms with Gasteiger partial charge in [-0.1, -0.05) is 20.8 Å². The van der Waals surface area contributed by atoms with Crippen molar-refractivity contribution in [3.05, 3.63) is 47.9 Å². The number of carbonyl (C=O) groups is 1. The summed E-state index contributed by atoms with van der Waals surface area (Å²) in [6, 6.07) is 5.41. The number of fused-ring (bicyclic) bond motifs is 1. The number of anilines is 1. The fourth-order valence-corrected chi connectivity index (χ4v) is 2.29. The highest BCUT2D eigenvalue weighted by Gasteiger charge is 2.14. The normalized spacial score (nSPS) is 11.1. The van der Waals surface area contributed by atoms with Gasteiger partial charge in [-0.05, 0) is 24.6 Å². The lowest BCUT2D eigenvalue weighted by Gasteiger charge is -2.07. The third-order valence-electron chi connectivity index (χ3n) is 3.53. The highest BCUT2D eigenvalue weighted by molar-refractivity contribution is 6.05. The van der Waals surface area contributed by atoms with E-state index in [4.69, 9.17) is 4.42 Å². The first kappa shape index (κ1) is 15.1. The molecule has 2 heterocycles. The van der Waals surface area contributed by atoms with Gasteiger partial charge in [-0.25, -0.2) is 15.0 Å². The van der Waals surface area contributed by atoms with Gasteiger partial charge in [0.15, 0.2) is 11.5 Å². The standard InChI is InChI=1S/C17H18N4O2/c1-4-13-12(8-18-9-19-13)16(22)20-11-5-6-15-14(7-11)21-17(23-15)10(2)3/h5-10H,4H2,1-3H3,(H,20,22). The fraction of sp³-hybridized carbons (Fsp3) is 0.294. The van der Waals surface area contributed by atoms with Crippen molar-refractivity contribution in [3.8, 4) is 0 Å². The van der Waals surface area contributed by atoms with Gasteiger partial charge in [0, 0.05) is 17.8 Å². The van der Waals surface area contributed by atoms with Crippen molar-refractivity contribution in [2.75, 3.05) is 5.32 Å². The Balaban J connectivity index is 1.87. The number of nitrogens with one attached hydrogen (secondary N) is 1. The molecule has 0 saturated carbocycles. The largest absolute Gasteiger partial charge is 0.440 e.